The molecule has 0 aliphatic rings. The average Bonchev–Trinajstić information content (AvgIpc) is 2.46. The predicted molar refractivity (Wildman–Crippen MR) is 78.1 cm³/mol. The quantitative estimate of drug-likeness (QED) is 0.607. The molecule has 19 heavy (non-hydrogen) atoms. The van der Waals surface area contributed by atoms with E-state index in [0.29, 0.717) is 5.92 Å². The molecule has 0 aliphatic carbocycles. The fourth-order valence-electron chi connectivity index (χ4n) is 2.09. The van der Waals surface area contributed by atoms with Gasteiger partial charge in [-0.25, -0.2) is 4.79 Å². The minimum Gasteiger partial charge on any atom is -0.466 e. The van der Waals surface area contributed by atoms with E-state index in [9.17, 15) is 4.79 Å². The van der Waals surface area contributed by atoms with Gasteiger partial charge in [0.2, 0.25) is 0 Å². The first kappa shape index (κ1) is 13.3. The number of allylic oxidation sites excluding steroid dienone is 1. The highest BCUT2D eigenvalue weighted by Gasteiger charge is 2.04. The lowest BCUT2D eigenvalue weighted by atomic mass is 9.95. The van der Waals surface area contributed by atoms with E-state index in [-0.39, 0.29) is 5.97 Å². The maximum Gasteiger partial charge on any atom is 0.330 e. The molecule has 0 spiro atoms. The van der Waals surface area contributed by atoms with E-state index in [4.69, 9.17) is 0 Å². The van der Waals surface area contributed by atoms with Gasteiger partial charge in [0.15, 0.2) is 0 Å². The van der Waals surface area contributed by atoms with E-state index in [1.165, 1.54) is 29.5 Å². The fraction of sp³-hybridized carbons (Fsp3) is 0.235. The van der Waals surface area contributed by atoms with Crippen molar-refractivity contribution in [2.24, 2.45) is 0 Å². The van der Waals surface area contributed by atoms with Gasteiger partial charge in [-0.15, -0.1) is 0 Å². The lowest BCUT2D eigenvalue weighted by molar-refractivity contribution is -0.134. The second-order valence-corrected chi connectivity index (χ2v) is 4.67. The van der Waals surface area contributed by atoms with Crippen molar-refractivity contribution in [2.75, 3.05) is 7.11 Å². The molecular weight excluding hydrogens is 236 g/mol. The van der Waals surface area contributed by atoms with Gasteiger partial charge in [-0.05, 0) is 28.7 Å². The summed E-state index contributed by atoms with van der Waals surface area (Å²) in [6.07, 6.45) is 4.18. The van der Waals surface area contributed by atoms with Gasteiger partial charge < -0.3 is 4.74 Å². The Morgan fingerprint density at radius 1 is 1.21 bits per heavy atom. The summed E-state index contributed by atoms with van der Waals surface area (Å²) in [5.74, 6) is 0.0798. The van der Waals surface area contributed by atoms with Crippen molar-refractivity contribution in [3.8, 4) is 0 Å². The van der Waals surface area contributed by atoms with E-state index in [1.807, 2.05) is 18.2 Å². The Morgan fingerprint density at radius 2 is 1.95 bits per heavy atom. The SMILES string of the molecule is COC(=O)C=CCC(C)c1ccc2ccccc2c1. The van der Waals surface area contributed by atoms with E-state index in [0.717, 1.165) is 6.42 Å². The lowest BCUT2D eigenvalue weighted by Crippen LogP contribution is -1.95. The molecule has 0 aliphatic heterocycles. The molecule has 0 fully saturated rings. The molecule has 0 heterocycles. The van der Waals surface area contributed by atoms with Crippen LogP contribution in [0.5, 0.6) is 0 Å². The summed E-state index contributed by atoms with van der Waals surface area (Å²) in [6, 6.07) is 14.8. The molecule has 2 nitrogen and oxygen atoms in total. The Hall–Kier alpha value is -2.09. The second-order valence-electron chi connectivity index (χ2n) is 4.67. The zero-order valence-corrected chi connectivity index (χ0v) is 11.3. The average molecular weight is 254 g/mol. The van der Waals surface area contributed by atoms with Gasteiger partial charge in [-0.1, -0.05) is 55.5 Å². The van der Waals surface area contributed by atoms with Gasteiger partial charge in [0, 0.05) is 6.08 Å². The highest BCUT2D eigenvalue weighted by atomic mass is 16.5. The molecule has 0 saturated heterocycles. The monoisotopic (exact) mass is 254 g/mol. The van der Waals surface area contributed by atoms with Crippen LogP contribution in [0.1, 0.15) is 24.8 Å². The first-order chi connectivity index (χ1) is 9.20. The van der Waals surface area contributed by atoms with Crippen LogP contribution in [0.15, 0.2) is 54.6 Å². The number of carbonyl (C=O) groups excluding carboxylic acids is 1. The Kier molecular flexibility index (Phi) is 4.35. The van der Waals surface area contributed by atoms with Crippen molar-refractivity contribution >= 4 is 16.7 Å². The summed E-state index contributed by atoms with van der Waals surface area (Å²) in [5, 5.41) is 2.51. The Bertz CT molecular complexity index is 599. The van der Waals surface area contributed by atoms with Crippen LogP contribution >= 0.6 is 0 Å². The summed E-state index contributed by atoms with van der Waals surface area (Å²) >= 11 is 0. The summed E-state index contributed by atoms with van der Waals surface area (Å²) < 4.78 is 4.57. The molecule has 2 rings (SSSR count). The third kappa shape index (κ3) is 3.44. The van der Waals surface area contributed by atoms with E-state index >= 15 is 0 Å². The zero-order chi connectivity index (χ0) is 13.7. The van der Waals surface area contributed by atoms with Gasteiger partial charge in [0.05, 0.1) is 7.11 Å². The van der Waals surface area contributed by atoms with Crippen molar-refractivity contribution in [3.63, 3.8) is 0 Å². The maximum absolute atomic E-state index is 11.0. The Labute approximate surface area is 113 Å². The van der Waals surface area contributed by atoms with Crippen molar-refractivity contribution in [3.05, 3.63) is 60.2 Å². The smallest absolute Gasteiger partial charge is 0.330 e. The number of hydrogen-bond acceptors (Lipinski definition) is 2. The van der Waals surface area contributed by atoms with Crippen molar-refractivity contribution < 1.29 is 9.53 Å². The standard InChI is InChI=1S/C17H18O2/c1-13(6-5-9-17(18)19-2)15-11-10-14-7-3-4-8-16(14)12-15/h3-5,7-13H,6H2,1-2H3. The van der Waals surface area contributed by atoms with Gasteiger partial charge in [0.1, 0.15) is 0 Å². The Morgan fingerprint density at radius 3 is 2.68 bits per heavy atom. The number of ether oxygens (including phenoxy) is 1. The molecule has 0 N–H and O–H groups in total. The van der Waals surface area contributed by atoms with Crippen molar-refractivity contribution in [1.29, 1.82) is 0 Å². The largest absolute Gasteiger partial charge is 0.466 e. The van der Waals surface area contributed by atoms with Crippen LogP contribution in [0.4, 0.5) is 0 Å². The molecule has 0 amide bonds. The van der Waals surface area contributed by atoms with Gasteiger partial charge in [-0.3, -0.25) is 0 Å². The molecular formula is C17H18O2. The number of methoxy groups -OCH3 is 1. The summed E-state index contributed by atoms with van der Waals surface area (Å²) in [7, 11) is 1.39. The third-order valence-electron chi connectivity index (χ3n) is 3.29. The van der Waals surface area contributed by atoms with Crippen LogP contribution in [0.2, 0.25) is 0 Å². The first-order valence-corrected chi connectivity index (χ1v) is 6.44. The Balaban J connectivity index is 2.10. The molecule has 0 aromatic heterocycles. The molecule has 1 atom stereocenters. The minimum absolute atomic E-state index is 0.300. The van der Waals surface area contributed by atoms with Gasteiger partial charge in [0.25, 0.3) is 0 Å². The van der Waals surface area contributed by atoms with Crippen LogP contribution in [-0.2, 0) is 9.53 Å². The van der Waals surface area contributed by atoms with Crippen LogP contribution in [0, 0.1) is 0 Å². The lowest BCUT2D eigenvalue weighted by Gasteiger charge is -2.10. The number of hydrogen-bond donors (Lipinski definition) is 0. The molecule has 0 bridgehead atoms. The first-order valence-electron chi connectivity index (χ1n) is 6.44. The summed E-state index contributed by atoms with van der Waals surface area (Å²) in [6.45, 7) is 2.16. The number of benzene rings is 2. The number of rotatable bonds is 4. The van der Waals surface area contributed by atoms with E-state index < -0.39 is 0 Å². The highest BCUT2D eigenvalue weighted by Crippen LogP contribution is 2.24. The molecule has 2 heteroatoms. The van der Waals surface area contributed by atoms with Gasteiger partial charge >= 0.3 is 5.97 Å². The van der Waals surface area contributed by atoms with Crippen molar-refractivity contribution in [2.45, 2.75) is 19.3 Å². The third-order valence-corrected chi connectivity index (χ3v) is 3.29. The summed E-state index contributed by atoms with van der Waals surface area (Å²) in [4.78, 5) is 11.0. The minimum atomic E-state index is -0.300. The number of fused-ring (bicyclic) bond motifs is 1. The molecule has 2 aromatic rings. The van der Waals surface area contributed by atoms with Crippen LogP contribution in [0.25, 0.3) is 10.8 Å². The predicted octanol–water partition coefficient (Wildman–Crippen LogP) is 4.06. The fourth-order valence-corrected chi connectivity index (χ4v) is 2.09. The highest BCUT2D eigenvalue weighted by molar-refractivity contribution is 5.83. The normalized spacial score (nSPS) is 12.7. The van der Waals surface area contributed by atoms with Gasteiger partial charge in [-0.2, -0.15) is 0 Å². The van der Waals surface area contributed by atoms with Crippen LogP contribution in [-0.4, -0.2) is 13.1 Å². The molecule has 1 unspecified atom stereocenters. The van der Waals surface area contributed by atoms with Crippen molar-refractivity contribution in [1.82, 2.24) is 0 Å². The molecule has 0 saturated carbocycles. The topological polar surface area (TPSA) is 26.3 Å². The number of esters is 1. The molecule has 0 radical (unpaired) electrons. The molecule has 2 aromatic carbocycles. The maximum atomic E-state index is 11.0. The zero-order valence-electron chi connectivity index (χ0n) is 11.3. The molecule has 98 valence electrons. The van der Waals surface area contributed by atoms with E-state index in [1.54, 1.807) is 0 Å². The second kappa shape index (κ2) is 6.19. The van der Waals surface area contributed by atoms with E-state index in [2.05, 4.69) is 42.0 Å². The summed E-state index contributed by atoms with van der Waals surface area (Å²) in [5.41, 5.74) is 1.29. The van der Waals surface area contributed by atoms with Crippen LogP contribution < -0.4 is 0 Å². The van der Waals surface area contributed by atoms with Crippen LogP contribution in [0.3, 0.4) is 0 Å². The number of carbonyl (C=O) groups is 1.